The fraction of sp³-hybridized carbons (Fsp3) is 0.615. The number of rotatable bonds is 7. The number of pyridine rings is 1. The molecular weight excluding hydrogens is 200 g/mol. The Hall–Kier alpha value is -0.930. The number of aliphatic hydroxyl groups is 1. The maximum Gasteiger partial charge on any atom is 0.0431 e. The molecule has 0 saturated carbocycles. The Morgan fingerprint density at radius 1 is 1.31 bits per heavy atom. The lowest BCUT2D eigenvalue weighted by Gasteiger charge is -2.24. The molecule has 1 rings (SSSR count). The van der Waals surface area contributed by atoms with Gasteiger partial charge in [-0.3, -0.25) is 4.98 Å². The van der Waals surface area contributed by atoms with Gasteiger partial charge in [-0.25, -0.2) is 0 Å². The Bertz CT molecular complexity index is 285. The molecule has 0 radical (unpaired) electrons. The van der Waals surface area contributed by atoms with Gasteiger partial charge in [0.05, 0.1) is 0 Å². The van der Waals surface area contributed by atoms with Crippen LogP contribution in [0.1, 0.15) is 32.3 Å². The van der Waals surface area contributed by atoms with Crippen molar-refractivity contribution in [3.63, 3.8) is 0 Å². The predicted octanol–water partition coefficient (Wildman–Crippen LogP) is 1.97. The van der Waals surface area contributed by atoms with Crippen molar-refractivity contribution in [2.24, 2.45) is 5.41 Å². The fourth-order valence-corrected chi connectivity index (χ4v) is 1.69. The van der Waals surface area contributed by atoms with Gasteiger partial charge in [-0.05, 0) is 36.0 Å². The molecule has 3 heteroatoms. The van der Waals surface area contributed by atoms with Crippen LogP contribution < -0.4 is 5.32 Å². The minimum absolute atomic E-state index is 0.246. The summed E-state index contributed by atoms with van der Waals surface area (Å²) in [6.45, 7) is 6.58. The van der Waals surface area contributed by atoms with E-state index in [2.05, 4.69) is 24.1 Å². The van der Waals surface area contributed by atoms with Crippen LogP contribution in [0.5, 0.6) is 0 Å². The van der Waals surface area contributed by atoms with Crippen LogP contribution >= 0.6 is 0 Å². The SMILES string of the molecule is CC(C)(CCCO)CNCc1ccncc1. The van der Waals surface area contributed by atoms with E-state index in [4.69, 9.17) is 5.11 Å². The van der Waals surface area contributed by atoms with Gasteiger partial charge in [0, 0.05) is 32.1 Å². The maximum atomic E-state index is 8.81. The van der Waals surface area contributed by atoms with E-state index in [9.17, 15) is 0 Å². The molecule has 0 atom stereocenters. The first-order valence-electron chi connectivity index (χ1n) is 5.84. The van der Waals surface area contributed by atoms with E-state index < -0.39 is 0 Å². The summed E-state index contributed by atoms with van der Waals surface area (Å²) in [7, 11) is 0. The van der Waals surface area contributed by atoms with E-state index in [1.807, 2.05) is 24.5 Å². The van der Waals surface area contributed by atoms with Gasteiger partial charge in [0.2, 0.25) is 0 Å². The number of hydrogen-bond acceptors (Lipinski definition) is 3. The van der Waals surface area contributed by atoms with Gasteiger partial charge >= 0.3 is 0 Å². The number of nitrogens with zero attached hydrogens (tertiary/aromatic N) is 1. The minimum Gasteiger partial charge on any atom is -0.396 e. The summed E-state index contributed by atoms with van der Waals surface area (Å²) in [5.41, 5.74) is 1.50. The van der Waals surface area contributed by atoms with Gasteiger partial charge in [-0.1, -0.05) is 13.8 Å². The molecule has 1 heterocycles. The van der Waals surface area contributed by atoms with Gasteiger partial charge in [0.15, 0.2) is 0 Å². The quantitative estimate of drug-likeness (QED) is 0.741. The average Bonchev–Trinajstić information content (AvgIpc) is 2.28. The van der Waals surface area contributed by atoms with Gasteiger partial charge in [-0.2, -0.15) is 0 Å². The van der Waals surface area contributed by atoms with Crippen LogP contribution in [0.2, 0.25) is 0 Å². The van der Waals surface area contributed by atoms with Crippen molar-refractivity contribution in [3.8, 4) is 0 Å². The van der Waals surface area contributed by atoms with Crippen molar-refractivity contribution in [3.05, 3.63) is 30.1 Å². The maximum absolute atomic E-state index is 8.81. The molecule has 0 bridgehead atoms. The topological polar surface area (TPSA) is 45.1 Å². The molecule has 0 aliphatic rings. The summed E-state index contributed by atoms with van der Waals surface area (Å²) in [5.74, 6) is 0. The first kappa shape index (κ1) is 13.1. The van der Waals surface area contributed by atoms with E-state index in [1.165, 1.54) is 5.56 Å². The molecule has 0 unspecified atom stereocenters. The first-order chi connectivity index (χ1) is 7.64. The summed E-state index contributed by atoms with van der Waals surface area (Å²) in [4.78, 5) is 3.99. The predicted molar refractivity (Wildman–Crippen MR) is 66.0 cm³/mol. The monoisotopic (exact) mass is 222 g/mol. The number of aliphatic hydroxyl groups excluding tert-OH is 1. The zero-order valence-electron chi connectivity index (χ0n) is 10.2. The smallest absolute Gasteiger partial charge is 0.0431 e. The van der Waals surface area contributed by atoms with Crippen molar-refractivity contribution < 1.29 is 5.11 Å². The zero-order valence-corrected chi connectivity index (χ0v) is 10.2. The van der Waals surface area contributed by atoms with E-state index in [0.717, 1.165) is 25.9 Å². The third-order valence-electron chi connectivity index (χ3n) is 2.69. The van der Waals surface area contributed by atoms with Crippen molar-refractivity contribution in [1.29, 1.82) is 0 Å². The third-order valence-corrected chi connectivity index (χ3v) is 2.69. The van der Waals surface area contributed by atoms with Crippen LogP contribution in [-0.2, 0) is 6.54 Å². The summed E-state index contributed by atoms with van der Waals surface area (Å²) in [6.07, 6.45) is 5.55. The number of aromatic nitrogens is 1. The van der Waals surface area contributed by atoms with E-state index >= 15 is 0 Å². The Kier molecular flexibility index (Phi) is 5.43. The van der Waals surface area contributed by atoms with Crippen LogP contribution in [-0.4, -0.2) is 23.2 Å². The lowest BCUT2D eigenvalue weighted by atomic mass is 9.88. The van der Waals surface area contributed by atoms with Gasteiger partial charge in [-0.15, -0.1) is 0 Å². The number of nitrogens with one attached hydrogen (secondary N) is 1. The number of hydrogen-bond donors (Lipinski definition) is 2. The van der Waals surface area contributed by atoms with Gasteiger partial charge in [0.25, 0.3) is 0 Å². The highest BCUT2D eigenvalue weighted by atomic mass is 16.2. The molecule has 0 spiro atoms. The molecule has 16 heavy (non-hydrogen) atoms. The molecule has 0 aromatic carbocycles. The Balaban J connectivity index is 2.24. The summed E-state index contributed by atoms with van der Waals surface area (Å²) in [6, 6.07) is 4.04. The lowest BCUT2D eigenvalue weighted by Crippen LogP contribution is -2.29. The Morgan fingerprint density at radius 3 is 2.62 bits per heavy atom. The molecule has 1 aromatic heterocycles. The van der Waals surface area contributed by atoms with E-state index in [1.54, 1.807) is 0 Å². The van der Waals surface area contributed by atoms with E-state index in [0.29, 0.717) is 0 Å². The summed E-state index contributed by atoms with van der Waals surface area (Å²) < 4.78 is 0. The zero-order chi connectivity index (χ0) is 11.9. The van der Waals surface area contributed by atoms with Crippen LogP contribution in [0.15, 0.2) is 24.5 Å². The molecule has 1 aromatic rings. The summed E-state index contributed by atoms with van der Waals surface area (Å²) >= 11 is 0. The molecule has 3 nitrogen and oxygen atoms in total. The van der Waals surface area contributed by atoms with Crippen molar-refractivity contribution in [2.45, 2.75) is 33.2 Å². The average molecular weight is 222 g/mol. The molecule has 0 amide bonds. The molecule has 0 aliphatic heterocycles. The summed E-state index contributed by atoms with van der Waals surface area (Å²) in [5, 5.41) is 12.2. The second-order valence-electron chi connectivity index (χ2n) is 4.95. The van der Waals surface area contributed by atoms with E-state index in [-0.39, 0.29) is 12.0 Å². The molecule has 2 N–H and O–H groups in total. The minimum atomic E-state index is 0.246. The van der Waals surface area contributed by atoms with Gasteiger partial charge < -0.3 is 10.4 Å². The standard InChI is InChI=1S/C13H22N2O/c1-13(2,6-3-9-16)11-15-10-12-4-7-14-8-5-12/h4-5,7-8,15-16H,3,6,9-11H2,1-2H3. The van der Waals surface area contributed by atoms with Crippen LogP contribution in [0.25, 0.3) is 0 Å². The second kappa shape index (κ2) is 6.61. The highest BCUT2D eigenvalue weighted by molar-refractivity contribution is 5.09. The molecule has 90 valence electrons. The third kappa shape index (κ3) is 5.24. The first-order valence-corrected chi connectivity index (χ1v) is 5.84. The van der Waals surface area contributed by atoms with Crippen LogP contribution in [0.4, 0.5) is 0 Å². The highest BCUT2D eigenvalue weighted by Gasteiger charge is 2.16. The normalized spacial score (nSPS) is 11.7. The van der Waals surface area contributed by atoms with Crippen molar-refractivity contribution in [2.75, 3.05) is 13.2 Å². The molecular formula is C13H22N2O. The Morgan fingerprint density at radius 2 is 2.00 bits per heavy atom. The van der Waals surface area contributed by atoms with Crippen LogP contribution in [0, 0.1) is 5.41 Å². The lowest BCUT2D eigenvalue weighted by molar-refractivity contribution is 0.236. The van der Waals surface area contributed by atoms with Crippen LogP contribution in [0.3, 0.4) is 0 Å². The van der Waals surface area contributed by atoms with Crippen molar-refractivity contribution in [1.82, 2.24) is 10.3 Å². The van der Waals surface area contributed by atoms with Crippen molar-refractivity contribution >= 4 is 0 Å². The molecule has 0 aliphatic carbocycles. The second-order valence-corrected chi connectivity index (χ2v) is 4.95. The molecule has 0 fully saturated rings. The molecule has 0 saturated heterocycles. The van der Waals surface area contributed by atoms with Gasteiger partial charge in [0.1, 0.15) is 0 Å². The fourth-order valence-electron chi connectivity index (χ4n) is 1.69. The largest absolute Gasteiger partial charge is 0.396 e. The highest BCUT2D eigenvalue weighted by Crippen LogP contribution is 2.20. The Labute approximate surface area is 97.9 Å².